The number of carbonyl (C=O) groups is 1. The van der Waals surface area contributed by atoms with Gasteiger partial charge >= 0.3 is 5.97 Å². The van der Waals surface area contributed by atoms with Crippen molar-refractivity contribution >= 4 is 28.3 Å². The molecule has 2 aromatic rings. The van der Waals surface area contributed by atoms with Gasteiger partial charge in [0, 0.05) is 5.02 Å². The number of halogens is 1. The lowest BCUT2D eigenvalue weighted by molar-refractivity contribution is -0.139. The lowest BCUT2D eigenvalue weighted by Gasteiger charge is -2.08. The molecule has 0 bridgehead atoms. The fourth-order valence-corrected chi connectivity index (χ4v) is 2.10. The molecule has 0 aliphatic carbocycles. The molecular weight excluding hydrogens is 236 g/mol. The number of fused-ring (bicyclic) bond motifs is 1. The summed E-state index contributed by atoms with van der Waals surface area (Å²) in [7, 11) is 1.40. The number of esters is 1. The molecule has 0 heterocycles. The lowest BCUT2D eigenvalue weighted by Crippen LogP contribution is -2.05. The Morgan fingerprint density at radius 2 is 2.06 bits per heavy atom. The first-order chi connectivity index (χ1) is 8.11. The van der Waals surface area contributed by atoms with Crippen molar-refractivity contribution in [3.63, 3.8) is 0 Å². The van der Waals surface area contributed by atoms with Crippen molar-refractivity contribution in [2.45, 2.75) is 13.3 Å². The van der Waals surface area contributed by atoms with Crippen LogP contribution in [0.5, 0.6) is 0 Å². The molecule has 0 atom stereocenters. The van der Waals surface area contributed by atoms with Crippen LogP contribution in [0.2, 0.25) is 5.02 Å². The molecule has 0 fully saturated rings. The molecule has 0 radical (unpaired) electrons. The maximum atomic E-state index is 11.3. The van der Waals surface area contributed by atoms with Crippen molar-refractivity contribution in [1.82, 2.24) is 0 Å². The fourth-order valence-electron chi connectivity index (χ4n) is 1.92. The van der Waals surface area contributed by atoms with Gasteiger partial charge in [-0.25, -0.2) is 0 Å². The molecule has 0 N–H and O–H groups in total. The second-order valence-electron chi connectivity index (χ2n) is 3.97. The Bertz CT molecular complexity index is 576. The van der Waals surface area contributed by atoms with E-state index in [-0.39, 0.29) is 5.97 Å². The number of ether oxygens (including phenoxy) is 1. The Labute approximate surface area is 105 Å². The van der Waals surface area contributed by atoms with E-state index < -0.39 is 0 Å². The summed E-state index contributed by atoms with van der Waals surface area (Å²) in [6.07, 6.45) is 0.306. The highest BCUT2D eigenvalue weighted by Crippen LogP contribution is 2.25. The van der Waals surface area contributed by atoms with Crippen LogP contribution in [-0.4, -0.2) is 13.1 Å². The van der Waals surface area contributed by atoms with Crippen LogP contribution in [0.3, 0.4) is 0 Å². The van der Waals surface area contributed by atoms with Gasteiger partial charge in [0.15, 0.2) is 0 Å². The van der Waals surface area contributed by atoms with E-state index >= 15 is 0 Å². The highest BCUT2D eigenvalue weighted by molar-refractivity contribution is 6.31. The zero-order chi connectivity index (χ0) is 12.4. The maximum absolute atomic E-state index is 11.3. The third-order valence-electron chi connectivity index (χ3n) is 2.93. The number of methoxy groups -OCH3 is 1. The van der Waals surface area contributed by atoms with Crippen LogP contribution in [0.25, 0.3) is 10.8 Å². The minimum Gasteiger partial charge on any atom is -0.469 e. The van der Waals surface area contributed by atoms with Crippen LogP contribution >= 0.6 is 11.6 Å². The SMILES string of the molecule is COC(=O)Cc1ccc2cc(Cl)ccc2c1C. The number of benzene rings is 2. The summed E-state index contributed by atoms with van der Waals surface area (Å²) in [4.78, 5) is 11.3. The van der Waals surface area contributed by atoms with Crippen LogP contribution in [0.4, 0.5) is 0 Å². The Balaban J connectivity index is 2.50. The van der Waals surface area contributed by atoms with E-state index in [1.54, 1.807) is 0 Å². The Morgan fingerprint density at radius 3 is 2.76 bits per heavy atom. The second kappa shape index (κ2) is 4.76. The van der Waals surface area contributed by atoms with Gasteiger partial charge in [-0.3, -0.25) is 4.79 Å². The summed E-state index contributed by atoms with van der Waals surface area (Å²) in [5.41, 5.74) is 2.09. The first kappa shape index (κ1) is 11.9. The van der Waals surface area contributed by atoms with Crippen LogP contribution < -0.4 is 0 Å². The van der Waals surface area contributed by atoms with Gasteiger partial charge < -0.3 is 4.74 Å². The number of carbonyl (C=O) groups excluding carboxylic acids is 1. The molecule has 0 unspecified atom stereocenters. The van der Waals surface area contributed by atoms with Crippen molar-refractivity contribution in [3.05, 3.63) is 46.5 Å². The zero-order valence-electron chi connectivity index (χ0n) is 9.79. The Hall–Kier alpha value is -1.54. The molecule has 0 saturated carbocycles. The minimum absolute atomic E-state index is 0.221. The predicted molar refractivity (Wildman–Crippen MR) is 69.4 cm³/mol. The molecule has 2 rings (SSSR count). The standard InChI is InChI=1S/C14H13ClO2/c1-9-10(8-14(16)17-2)3-4-11-7-12(15)5-6-13(9)11/h3-7H,8H2,1-2H3. The van der Waals surface area contributed by atoms with Crippen LogP contribution in [0, 0.1) is 6.92 Å². The molecule has 0 aromatic heterocycles. The van der Waals surface area contributed by atoms with Gasteiger partial charge in [0.2, 0.25) is 0 Å². The van der Waals surface area contributed by atoms with Crippen molar-refractivity contribution in [3.8, 4) is 0 Å². The summed E-state index contributed by atoms with van der Waals surface area (Å²) in [5, 5.41) is 2.93. The summed E-state index contributed by atoms with van der Waals surface area (Å²) in [5.74, 6) is -0.221. The van der Waals surface area contributed by atoms with E-state index in [2.05, 4.69) is 4.74 Å². The highest BCUT2D eigenvalue weighted by atomic mass is 35.5. The Morgan fingerprint density at radius 1 is 1.29 bits per heavy atom. The molecule has 2 nitrogen and oxygen atoms in total. The molecule has 3 heteroatoms. The molecule has 0 aliphatic rings. The topological polar surface area (TPSA) is 26.3 Å². The number of aryl methyl sites for hydroxylation is 1. The van der Waals surface area contributed by atoms with E-state index in [9.17, 15) is 4.79 Å². The second-order valence-corrected chi connectivity index (χ2v) is 4.40. The van der Waals surface area contributed by atoms with E-state index in [1.165, 1.54) is 7.11 Å². The smallest absolute Gasteiger partial charge is 0.309 e. The first-order valence-electron chi connectivity index (χ1n) is 5.36. The summed E-state index contributed by atoms with van der Waals surface area (Å²) in [6.45, 7) is 2.01. The summed E-state index contributed by atoms with van der Waals surface area (Å²) >= 11 is 5.94. The van der Waals surface area contributed by atoms with Gasteiger partial charge in [0.25, 0.3) is 0 Å². The van der Waals surface area contributed by atoms with Gasteiger partial charge in [0.1, 0.15) is 0 Å². The molecule has 88 valence electrons. The average Bonchev–Trinajstić information content (AvgIpc) is 2.32. The third kappa shape index (κ3) is 2.42. The Kier molecular flexibility index (Phi) is 3.34. The van der Waals surface area contributed by atoms with E-state index in [4.69, 9.17) is 11.6 Å². The maximum Gasteiger partial charge on any atom is 0.309 e. The van der Waals surface area contributed by atoms with Gasteiger partial charge in [-0.15, -0.1) is 0 Å². The molecule has 0 aliphatic heterocycles. The largest absolute Gasteiger partial charge is 0.469 e. The van der Waals surface area contributed by atoms with Crippen molar-refractivity contribution < 1.29 is 9.53 Å². The highest BCUT2D eigenvalue weighted by Gasteiger charge is 2.08. The van der Waals surface area contributed by atoms with Crippen molar-refractivity contribution in [2.24, 2.45) is 0 Å². The predicted octanol–water partition coefficient (Wildman–Crippen LogP) is 3.52. The van der Waals surface area contributed by atoms with Gasteiger partial charge in [-0.2, -0.15) is 0 Å². The summed E-state index contributed by atoms with van der Waals surface area (Å²) < 4.78 is 4.68. The molecule has 0 amide bonds. The van der Waals surface area contributed by atoms with Crippen molar-refractivity contribution in [1.29, 1.82) is 0 Å². The zero-order valence-corrected chi connectivity index (χ0v) is 10.5. The van der Waals surface area contributed by atoms with E-state index in [0.717, 1.165) is 26.9 Å². The van der Waals surface area contributed by atoms with Crippen LogP contribution in [0.15, 0.2) is 30.3 Å². The van der Waals surface area contributed by atoms with Gasteiger partial charge in [-0.1, -0.05) is 29.8 Å². The van der Waals surface area contributed by atoms with Crippen molar-refractivity contribution in [2.75, 3.05) is 7.11 Å². The van der Waals surface area contributed by atoms with E-state index in [0.29, 0.717) is 6.42 Å². The molecule has 0 spiro atoms. The quantitative estimate of drug-likeness (QED) is 0.760. The van der Waals surface area contributed by atoms with Crippen LogP contribution in [-0.2, 0) is 16.0 Å². The molecular formula is C14H13ClO2. The molecule has 0 saturated heterocycles. The van der Waals surface area contributed by atoms with Gasteiger partial charge in [0.05, 0.1) is 13.5 Å². The number of rotatable bonds is 2. The van der Waals surface area contributed by atoms with Crippen LogP contribution in [0.1, 0.15) is 11.1 Å². The minimum atomic E-state index is -0.221. The molecule has 2 aromatic carbocycles. The fraction of sp³-hybridized carbons (Fsp3) is 0.214. The van der Waals surface area contributed by atoms with E-state index in [1.807, 2.05) is 37.3 Å². The van der Waals surface area contributed by atoms with Gasteiger partial charge in [-0.05, 0) is 41.0 Å². The third-order valence-corrected chi connectivity index (χ3v) is 3.16. The normalized spacial score (nSPS) is 10.5. The summed E-state index contributed by atoms with van der Waals surface area (Å²) in [6, 6.07) is 9.69. The number of hydrogen-bond acceptors (Lipinski definition) is 2. The average molecular weight is 249 g/mol. The molecule has 17 heavy (non-hydrogen) atoms. The lowest BCUT2D eigenvalue weighted by atomic mass is 9.98. The first-order valence-corrected chi connectivity index (χ1v) is 5.74. The number of hydrogen-bond donors (Lipinski definition) is 0. The monoisotopic (exact) mass is 248 g/mol.